The third-order valence-electron chi connectivity index (χ3n) is 4.94. The van der Waals surface area contributed by atoms with Crippen molar-refractivity contribution in [1.82, 2.24) is 14.9 Å². The van der Waals surface area contributed by atoms with E-state index in [1.165, 1.54) is 12.1 Å². The molecule has 1 N–H and O–H groups in total. The maximum absolute atomic E-state index is 10.9. The highest BCUT2D eigenvalue weighted by atomic mass is 16.6. The molecule has 1 aliphatic heterocycles. The van der Waals surface area contributed by atoms with Gasteiger partial charge in [0.05, 0.1) is 36.2 Å². The Morgan fingerprint density at radius 2 is 2.14 bits per heavy atom. The zero-order valence-corrected chi connectivity index (χ0v) is 15.4. The van der Waals surface area contributed by atoms with Gasteiger partial charge in [-0.15, -0.1) is 0 Å². The Balaban J connectivity index is 1.29. The maximum Gasteiger partial charge on any atom is 0.270 e. The molecule has 1 aromatic carbocycles. The fraction of sp³-hybridized carbons (Fsp3) is 0.350. The number of piperidine rings is 1. The molecule has 2 aromatic heterocycles. The quantitative estimate of drug-likeness (QED) is 0.494. The highest BCUT2D eigenvalue weighted by Gasteiger charge is 2.21. The number of benzene rings is 1. The Labute approximate surface area is 162 Å². The molecule has 0 spiro atoms. The van der Waals surface area contributed by atoms with Crippen LogP contribution in [0.4, 0.5) is 5.69 Å². The maximum atomic E-state index is 10.9. The van der Waals surface area contributed by atoms with E-state index in [0.717, 1.165) is 43.9 Å². The SMILES string of the molecule is O=[N+]([O-])c1cccc(-c2ccc(CN3CCC(OCc4c[nH]cn4)CC3)o2)c1. The van der Waals surface area contributed by atoms with Crippen LogP contribution < -0.4 is 0 Å². The van der Waals surface area contributed by atoms with Crippen LogP contribution in [0.15, 0.2) is 53.3 Å². The number of non-ortho nitro benzene ring substituents is 1. The van der Waals surface area contributed by atoms with Gasteiger partial charge in [-0.25, -0.2) is 4.98 Å². The predicted molar refractivity (Wildman–Crippen MR) is 102 cm³/mol. The fourth-order valence-corrected chi connectivity index (χ4v) is 3.42. The molecule has 0 saturated carbocycles. The lowest BCUT2D eigenvalue weighted by Crippen LogP contribution is -2.36. The second-order valence-electron chi connectivity index (χ2n) is 6.92. The van der Waals surface area contributed by atoms with Crippen molar-refractivity contribution < 1.29 is 14.1 Å². The van der Waals surface area contributed by atoms with Gasteiger partial charge in [-0.1, -0.05) is 12.1 Å². The molecular formula is C20H22N4O4. The molecule has 0 bridgehead atoms. The van der Waals surface area contributed by atoms with Crippen LogP contribution >= 0.6 is 0 Å². The number of ether oxygens (including phenoxy) is 1. The normalized spacial score (nSPS) is 15.7. The molecule has 1 fully saturated rings. The predicted octanol–water partition coefficient (Wildman–Crippen LogP) is 3.76. The summed E-state index contributed by atoms with van der Waals surface area (Å²) in [6.45, 7) is 3.15. The van der Waals surface area contributed by atoms with E-state index in [9.17, 15) is 10.1 Å². The molecule has 8 nitrogen and oxygen atoms in total. The minimum absolute atomic E-state index is 0.0624. The highest BCUT2D eigenvalue weighted by molar-refractivity contribution is 5.61. The van der Waals surface area contributed by atoms with Gasteiger partial charge >= 0.3 is 0 Å². The lowest BCUT2D eigenvalue weighted by atomic mass is 10.1. The second-order valence-corrected chi connectivity index (χ2v) is 6.92. The molecule has 3 aromatic rings. The van der Waals surface area contributed by atoms with E-state index >= 15 is 0 Å². The summed E-state index contributed by atoms with van der Waals surface area (Å²) < 4.78 is 11.9. The van der Waals surface area contributed by atoms with Crippen molar-refractivity contribution in [3.63, 3.8) is 0 Å². The zero-order chi connectivity index (χ0) is 19.3. The van der Waals surface area contributed by atoms with Crippen LogP contribution in [0.25, 0.3) is 11.3 Å². The number of nitro benzene ring substituents is 1. The van der Waals surface area contributed by atoms with Crippen LogP contribution in [0, 0.1) is 10.1 Å². The average molecular weight is 382 g/mol. The molecule has 0 aliphatic carbocycles. The van der Waals surface area contributed by atoms with Crippen molar-refractivity contribution >= 4 is 5.69 Å². The largest absolute Gasteiger partial charge is 0.460 e. The molecule has 146 valence electrons. The van der Waals surface area contributed by atoms with Gasteiger partial charge in [0, 0.05) is 37.0 Å². The molecule has 8 heteroatoms. The molecule has 0 unspecified atom stereocenters. The van der Waals surface area contributed by atoms with Gasteiger partial charge in [0.1, 0.15) is 11.5 Å². The van der Waals surface area contributed by atoms with Gasteiger partial charge in [0.25, 0.3) is 5.69 Å². The Hall–Kier alpha value is -2.97. The number of furan rings is 1. The van der Waals surface area contributed by atoms with Crippen LogP contribution in [-0.4, -0.2) is 39.0 Å². The molecule has 0 atom stereocenters. The van der Waals surface area contributed by atoms with Crippen molar-refractivity contribution in [3.05, 3.63) is 70.5 Å². The van der Waals surface area contributed by atoms with Crippen LogP contribution in [0.2, 0.25) is 0 Å². The lowest BCUT2D eigenvalue weighted by Gasteiger charge is -2.31. The third-order valence-corrected chi connectivity index (χ3v) is 4.94. The van der Waals surface area contributed by atoms with Crippen molar-refractivity contribution in [2.45, 2.75) is 32.1 Å². The molecule has 0 radical (unpaired) electrons. The molecule has 1 aliphatic rings. The standard InChI is InChI=1S/C20H22N4O4/c25-24(26)17-3-1-2-15(10-17)20-5-4-19(28-20)12-23-8-6-18(7-9-23)27-13-16-11-21-14-22-16/h1-5,10-11,14,18H,6-9,12-13H2,(H,21,22). The van der Waals surface area contributed by atoms with E-state index in [1.54, 1.807) is 12.4 Å². The number of likely N-dealkylation sites (tertiary alicyclic amines) is 1. The van der Waals surface area contributed by atoms with E-state index in [0.29, 0.717) is 17.9 Å². The number of rotatable bonds is 7. The molecule has 4 rings (SSSR count). The summed E-state index contributed by atoms with van der Waals surface area (Å²) in [7, 11) is 0. The van der Waals surface area contributed by atoms with E-state index in [1.807, 2.05) is 24.4 Å². The van der Waals surface area contributed by atoms with Crippen molar-refractivity contribution in [2.75, 3.05) is 13.1 Å². The average Bonchev–Trinajstić information content (AvgIpc) is 3.40. The van der Waals surface area contributed by atoms with Crippen LogP contribution in [0.1, 0.15) is 24.3 Å². The fourth-order valence-electron chi connectivity index (χ4n) is 3.42. The van der Waals surface area contributed by atoms with E-state index in [4.69, 9.17) is 9.15 Å². The van der Waals surface area contributed by atoms with Crippen molar-refractivity contribution in [2.24, 2.45) is 0 Å². The van der Waals surface area contributed by atoms with E-state index in [2.05, 4.69) is 14.9 Å². The Morgan fingerprint density at radius 3 is 2.89 bits per heavy atom. The number of imidazole rings is 1. The second kappa shape index (κ2) is 8.37. The monoisotopic (exact) mass is 382 g/mol. The first kappa shape index (κ1) is 18.4. The van der Waals surface area contributed by atoms with Crippen LogP contribution in [0.5, 0.6) is 0 Å². The zero-order valence-electron chi connectivity index (χ0n) is 15.4. The number of H-pyrrole nitrogens is 1. The van der Waals surface area contributed by atoms with Gasteiger partial charge in [-0.05, 0) is 25.0 Å². The third kappa shape index (κ3) is 4.47. The van der Waals surface area contributed by atoms with Crippen molar-refractivity contribution in [3.8, 4) is 11.3 Å². The first-order valence-corrected chi connectivity index (χ1v) is 9.32. The van der Waals surface area contributed by atoms with Gasteiger partial charge in [0.2, 0.25) is 0 Å². The Kier molecular flexibility index (Phi) is 5.50. The summed E-state index contributed by atoms with van der Waals surface area (Å²) in [5, 5.41) is 10.9. The van der Waals surface area contributed by atoms with Crippen LogP contribution in [0.3, 0.4) is 0 Å². The number of hydrogen-bond acceptors (Lipinski definition) is 6. The summed E-state index contributed by atoms with van der Waals surface area (Å²) in [5.74, 6) is 1.51. The summed E-state index contributed by atoms with van der Waals surface area (Å²) >= 11 is 0. The number of nitro groups is 1. The van der Waals surface area contributed by atoms with Crippen molar-refractivity contribution in [1.29, 1.82) is 0 Å². The minimum atomic E-state index is -0.397. The first-order chi connectivity index (χ1) is 13.7. The summed E-state index contributed by atoms with van der Waals surface area (Å²) in [5.41, 5.74) is 1.70. The molecular weight excluding hydrogens is 360 g/mol. The number of nitrogens with one attached hydrogen (secondary N) is 1. The Morgan fingerprint density at radius 1 is 1.29 bits per heavy atom. The molecule has 3 heterocycles. The topological polar surface area (TPSA) is 97.4 Å². The van der Waals surface area contributed by atoms with Gasteiger partial charge in [-0.3, -0.25) is 15.0 Å². The number of nitrogens with zero attached hydrogens (tertiary/aromatic N) is 3. The molecule has 28 heavy (non-hydrogen) atoms. The number of hydrogen-bond donors (Lipinski definition) is 1. The summed E-state index contributed by atoms with van der Waals surface area (Å²) in [6.07, 6.45) is 5.72. The van der Waals surface area contributed by atoms with Gasteiger partial charge < -0.3 is 14.1 Å². The van der Waals surface area contributed by atoms with E-state index < -0.39 is 4.92 Å². The smallest absolute Gasteiger partial charge is 0.270 e. The first-order valence-electron chi connectivity index (χ1n) is 9.32. The summed E-state index contributed by atoms with van der Waals surface area (Å²) in [4.78, 5) is 20.0. The number of aromatic amines is 1. The summed E-state index contributed by atoms with van der Waals surface area (Å²) in [6, 6.07) is 10.3. The van der Waals surface area contributed by atoms with Crippen LogP contribution in [-0.2, 0) is 17.9 Å². The molecule has 0 amide bonds. The molecule has 1 saturated heterocycles. The van der Waals surface area contributed by atoms with Gasteiger partial charge in [0.15, 0.2) is 0 Å². The number of aromatic nitrogens is 2. The van der Waals surface area contributed by atoms with Gasteiger partial charge in [-0.2, -0.15) is 0 Å². The highest BCUT2D eigenvalue weighted by Crippen LogP contribution is 2.27. The van der Waals surface area contributed by atoms with E-state index in [-0.39, 0.29) is 11.8 Å². The lowest BCUT2D eigenvalue weighted by molar-refractivity contribution is -0.384. The Bertz CT molecular complexity index is 914. The minimum Gasteiger partial charge on any atom is -0.460 e.